The lowest BCUT2D eigenvalue weighted by molar-refractivity contribution is 0.0940. The zero-order valence-corrected chi connectivity index (χ0v) is 15.2. The molecule has 1 unspecified atom stereocenters. The van der Waals surface area contributed by atoms with E-state index in [1.54, 1.807) is 4.68 Å². The summed E-state index contributed by atoms with van der Waals surface area (Å²) in [6.45, 7) is 5.86. The van der Waals surface area contributed by atoms with Gasteiger partial charge in [0.25, 0.3) is 5.91 Å². The van der Waals surface area contributed by atoms with E-state index >= 15 is 0 Å². The molecule has 0 bridgehead atoms. The Morgan fingerprint density at radius 1 is 1.24 bits per heavy atom. The highest BCUT2D eigenvalue weighted by Gasteiger charge is 2.18. The van der Waals surface area contributed by atoms with Gasteiger partial charge in [-0.2, -0.15) is 5.10 Å². The Morgan fingerprint density at radius 3 is 2.68 bits per heavy atom. The average molecular weight is 336 g/mol. The molecule has 1 atom stereocenters. The summed E-state index contributed by atoms with van der Waals surface area (Å²) in [5.74, 6) is -0.0628. The smallest absolute Gasteiger partial charge is 0.252 e. The van der Waals surface area contributed by atoms with Crippen LogP contribution in [0.5, 0.6) is 0 Å². The van der Waals surface area contributed by atoms with E-state index in [-0.39, 0.29) is 11.9 Å². The number of hydrogen-bond acceptors (Lipinski definition) is 3. The molecular weight excluding hydrogens is 312 g/mol. The van der Waals surface area contributed by atoms with Gasteiger partial charge in [-0.25, -0.2) is 4.98 Å². The molecule has 1 N–H and O–H groups in total. The highest BCUT2D eigenvalue weighted by atomic mass is 16.1. The molecular formula is C20H24N4O. The molecule has 3 aromatic rings. The van der Waals surface area contributed by atoms with Crippen molar-refractivity contribution < 1.29 is 4.79 Å². The second kappa shape index (κ2) is 7.05. The van der Waals surface area contributed by atoms with E-state index in [1.165, 1.54) is 5.56 Å². The maximum atomic E-state index is 12.8. The zero-order valence-electron chi connectivity index (χ0n) is 15.2. The summed E-state index contributed by atoms with van der Waals surface area (Å²) in [6, 6.07) is 12.3. The van der Waals surface area contributed by atoms with Crippen LogP contribution in [0.15, 0.2) is 36.4 Å². The van der Waals surface area contributed by atoms with Crippen molar-refractivity contribution in [1.82, 2.24) is 20.1 Å². The number of aromatic nitrogens is 3. The summed E-state index contributed by atoms with van der Waals surface area (Å²) in [5.41, 5.74) is 4.33. The van der Waals surface area contributed by atoms with Crippen LogP contribution in [0, 0.1) is 13.8 Å². The van der Waals surface area contributed by atoms with Crippen molar-refractivity contribution in [3.8, 4) is 0 Å². The first-order valence-corrected chi connectivity index (χ1v) is 8.61. The van der Waals surface area contributed by atoms with Gasteiger partial charge in [-0.3, -0.25) is 9.48 Å². The van der Waals surface area contributed by atoms with Crippen molar-refractivity contribution in [2.75, 3.05) is 0 Å². The maximum Gasteiger partial charge on any atom is 0.252 e. The van der Waals surface area contributed by atoms with Gasteiger partial charge >= 0.3 is 0 Å². The Kier molecular flexibility index (Phi) is 4.83. The quantitative estimate of drug-likeness (QED) is 0.777. The third-order valence-corrected chi connectivity index (χ3v) is 4.43. The van der Waals surface area contributed by atoms with Crippen LogP contribution >= 0.6 is 0 Å². The first-order chi connectivity index (χ1) is 12.0. The van der Waals surface area contributed by atoms with E-state index in [9.17, 15) is 4.79 Å². The Labute approximate surface area is 148 Å². The number of nitrogens with zero attached hydrogens (tertiary/aromatic N) is 3. The second-order valence-electron chi connectivity index (χ2n) is 6.62. The van der Waals surface area contributed by atoms with Crippen LogP contribution < -0.4 is 5.32 Å². The zero-order chi connectivity index (χ0) is 18.0. The fourth-order valence-electron chi connectivity index (χ4n) is 3.15. The maximum absolute atomic E-state index is 12.8. The SMILES string of the molecule is Cc1cc(C(=O)NC(C)CCc2ccccc2)c2c(C)nn(C)c2n1. The standard InChI is InChI=1S/C20H24N4O/c1-13(10-11-16-8-6-5-7-9-16)22-20(25)17-12-14(2)21-19-18(17)15(3)23-24(19)4/h5-9,12-13H,10-11H2,1-4H3,(H,22,25). The number of fused-ring (bicyclic) bond motifs is 1. The number of rotatable bonds is 5. The van der Waals surface area contributed by atoms with Crippen molar-refractivity contribution in [1.29, 1.82) is 0 Å². The molecule has 0 aliphatic carbocycles. The molecule has 0 saturated heterocycles. The van der Waals surface area contributed by atoms with Crippen LogP contribution in [0.2, 0.25) is 0 Å². The van der Waals surface area contributed by atoms with Crippen molar-refractivity contribution in [2.24, 2.45) is 7.05 Å². The van der Waals surface area contributed by atoms with Crippen LogP contribution in [-0.2, 0) is 13.5 Å². The van der Waals surface area contributed by atoms with E-state index in [0.29, 0.717) is 5.56 Å². The van der Waals surface area contributed by atoms with E-state index < -0.39 is 0 Å². The lowest BCUT2D eigenvalue weighted by Crippen LogP contribution is -2.33. The van der Waals surface area contributed by atoms with Gasteiger partial charge in [-0.1, -0.05) is 30.3 Å². The van der Waals surface area contributed by atoms with E-state index in [2.05, 4.69) is 27.5 Å². The van der Waals surface area contributed by atoms with Gasteiger partial charge in [0.1, 0.15) is 0 Å². The molecule has 5 heteroatoms. The van der Waals surface area contributed by atoms with Crippen LogP contribution in [0.25, 0.3) is 11.0 Å². The van der Waals surface area contributed by atoms with Crippen molar-refractivity contribution in [2.45, 2.75) is 39.7 Å². The molecule has 0 radical (unpaired) electrons. The molecule has 0 aliphatic rings. The normalized spacial score (nSPS) is 12.3. The average Bonchev–Trinajstić information content (AvgIpc) is 2.87. The van der Waals surface area contributed by atoms with Crippen molar-refractivity contribution in [3.63, 3.8) is 0 Å². The monoisotopic (exact) mass is 336 g/mol. The lowest BCUT2D eigenvalue weighted by atomic mass is 10.0. The lowest BCUT2D eigenvalue weighted by Gasteiger charge is -2.15. The molecule has 0 fully saturated rings. The number of carbonyl (C=O) groups excluding carboxylic acids is 1. The summed E-state index contributed by atoms with van der Waals surface area (Å²) in [7, 11) is 1.85. The first-order valence-electron chi connectivity index (χ1n) is 8.61. The minimum Gasteiger partial charge on any atom is -0.350 e. The Hall–Kier alpha value is -2.69. The minimum atomic E-state index is -0.0628. The van der Waals surface area contributed by atoms with Crippen LogP contribution in [-0.4, -0.2) is 26.7 Å². The van der Waals surface area contributed by atoms with Crippen molar-refractivity contribution >= 4 is 16.9 Å². The van der Waals surface area contributed by atoms with E-state index in [0.717, 1.165) is 35.3 Å². The molecule has 2 aromatic heterocycles. The van der Waals surface area contributed by atoms with Gasteiger partial charge in [0, 0.05) is 18.8 Å². The number of aryl methyl sites for hydroxylation is 4. The number of nitrogens with one attached hydrogen (secondary N) is 1. The van der Waals surface area contributed by atoms with Gasteiger partial charge in [-0.05, 0) is 45.2 Å². The Bertz CT molecular complexity index is 899. The van der Waals surface area contributed by atoms with E-state index in [4.69, 9.17) is 0 Å². The van der Waals surface area contributed by atoms with Gasteiger partial charge in [0.05, 0.1) is 16.6 Å². The molecule has 25 heavy (non-hydrogen) atoms. The molecule has 2 heterocycles. The summed E-state index contributed by atoms with van der Waals surface area (Å²) in [4.78, 5) is 17.3. The third kappa shape index (κ3) is 3.71. The number of hydrogen-bond donors (Lipinski definition) is 1. The summed E-state index contributed by atoms with van der Waals surface area (Å²) in [5, 5.41) is 8.36. The highest BCUT2D eigenvalue weighted by Crippen LogP contribution is 2.21. The molecule has 1 aromatic carbocycles. The molecule has 3 rings (SSSR count). The van der Waals surface area contributed by atoms with Crippen LogP contribution in [0.4, 0.5) is 0 Å². The highest BCUT2D eigenvalue weighted by molar-refractivity contribution is 6.06. The summed E-state index contributed by atoms with van der Waals surface area (Å²) >= 11 is 0. The number of carbonyl (C=O) groups is 1. The predicted molar refractivity (Wildman–Crippen MR) is 99.7 cm³/mol. The molecule has 5 nitrogen and oxygen atoms in total. The first kappa shape index (κ1) is 17.1. The largest absolute Gasteiger partial charge is 0.350 e. The van der Waals surface area contributed by atoms with E-state index in [1.807, 2.05) is 52.1 Å². The molecule has 130 valence electrons. The van der Waals surface area contributed by atoms with Gasteiger partial charge in [-0.15, -0.1) is 0 Å². The Balaban J connectivity index is 1.76. The minimum absolute atomic E-state index is 0.0628. The topological polar surface area (TPSA) is 59.8 Å². The van der Waals surface area contributed by atoms with Gasteiger partial charge < -0.3 is 5.32 Å². The summed E-state index contributed by atoms with van der Waals surface area (Å²) in [6.07, 6.45) is 1.84. The van der Waals surface area contributed by atoms with Crippen molar-refractivity contribution in [3.05, 3.63) is 58.9 Å². The number of amides is 1. The third-order valence-electron chi connectivity index (χ3n) is 4.43. The summed E-state index contributed by atoms with van der Waals surface area (Å²) < 4.78 is 1.73. The van der Waals surface area contributed by atoms with Gasteiger partial charge in [0.15, 0.2) is 5.65 Å². The fourth-order valence-corrected chi connectivity index (χ4v) is 3.15. The predicted octanol–water partition coefficient (Wildman–Crippen LogP) is 3.34. The van der Waals surface area contributed by atoms with Gasteiger partial charge in [0.2, 0.25) is 0 Å². The number of pyridine rings is 1. The number of benzene rings is 1. The molecule has 0 spiro atoms. The van der Waals surface area contributed by atoms with Crippen LogP contribution in [0.1, 0.15) is 40.7 Å². The fraction of sp³-hybridized carbons (Fsp3) is 0.350. The molecule has 1 amide bonds. The second-order valence-corrected chi connectivity index (χ2v) is 6.62. The molecule has 0 aliphatic heterocycles. The molecule has 0 saturated carbocycles. The Morgan fingerprint density at radius 2 is 1.96 bits per heavy atom. The van der Waals surface area contributed by atoms with Crippen LogP contribution in [0.3, 0.4) is 0 Å².